The van der Waals surface area contributed by atoms with Gasteiger partial charge < -0.3 is 9.32 Å². The molecule has 0 aliphatic heterocycles. The number of carbonyl (C=O) groups excluding carboxylic acids is 1. The number of rotatable bonds is 5. The van der Waals surface area contributed by atoms with Gasteiger partial charge >= 0.3 is 0 Å². The van der Waals surface area contributed by atoms with Gasteiger partial charge in [0.15, 0.2) is 5.76 Å². The van der Waals surface area contributed by atoms with Crippen LogP contribution in [0.4, 0.5) is 0 Å². The molecule has 0 bridgehead atoms. The number of carbonyl (C=O) groups is 1. The minimum atomic E-state index is -0.0568. The van der Waals surface area contributed by atoms with Crippen molar-refractivity contribution in [3.05, 3.63) is 53.7 Å². The second-order valence-corrected chi connectivity index (χ2v) is 4.98. The van der Waals surface area contributed by atoms with Crippen molar-refractivity contribution in [2.75, 3.05) is 0 Å². The first-order chi connectivity index (χ1) is 9.63. The zero-order valence-corrected chi connectivity index (χ0v) is 12.2. The fourth-order valence-corrected chi connectivity index (χ4v) is 2.06. The topological polar surface area (TPSA) is 46.3 Å². The van der Waals surface area contributed by atoms with E-state index in [0.717, 1.165) is 17.5 Å². The van der Waals surface area contributed by atoms with E-state index in [1.54, 1.807) is 18.7 Å². The highest BCUT2D eigenvalue weighted by atomic mass is 16.3. The first-order valence-electron chi connectivity index (χ1n) is 6.87. The molecule has 0 aliphatic carbocycles. The zero-order chi connectivity index (χ0) is 14.5. The predicted molar refractivity (Wildman–Crippen MR) is 77.3 cm³/mol. The van der Waals surface area contributed by atoms with E-state index < -0.39 is 0 Å². The standard InChI is InChI=1S/C16H20N2O2/c1-4-13(3)18(11-14-5-8-17-9-6-14)16(19)15-12(2)7-10-20-15/h5-10,13H,4,11H2,1-3H3/t13-/m1/s1. The number of hydrogen-bond donors (Lipinski definition) is 0. The van der Waals surface area contributed by atoms with Crippen molar-refractivity contribution in [2.24, 2.45) is 0 Å². The Morgan fingerprint density at radius 1 is 1.35 bits per heavy atom. The average molecular weight is 272 g/mol. The second kappa shape index (κ2) is 6.37. The third-order valence-electron chi connectivity index (χ3n) is 3.54. The van der Waals surface area contributed by atoms with Crippen LogP contribution < -0.4 is 0 Å². The van der Waals surface area contributed by atoms with Crippen LogP contribution in [0.5, 0.6) is 0 Å². The van der Waals surface area contributed by atoms with Crippen LogP contribution in [0.15, 0.2) is 41.3 Å². The van der Waals surface area contributed by atoms with Gasteiger partial charge in [-0.15, -0.1) is 0 Å². The van der Waals surface area contributed by atoms with Crippen LogP contribution in [-0.2, 0) is 6.54 Å². The van der Waals surface area contributed by atoms with Gasteiger partial charge in [0.25, 0.3) is 5.91 Å². The molecular formula is C16H20N2O2. The summed E-state index contributed by atoms with van der Waals surface area (Å²) in [5.74, 6) is 0.373. The molecule has 106 valence electrons. The molecule has 4 nitrogen and oxygen atoms in total. The normalized spacial score (nSPS) is 12.2. The number of hydrogen-bond acceptors (Lipinski definition) is 3. The van der Waals surface area contributed by atoms with Gasteiger partial charge in [0.05, 0.1) is 6.26 Å². The van der Waals surface area contributed by atoms with E-state index in [9.17, 15) is 4.79 Å². The minimum absolute atomic E-state index is 0.0568. The highest BCUT2D eigenvalue weighted by Gasteiger charge is 2.24. The molecule has 2 aromatic rings. The average Bonchev–Trinajstić information content (AvgIpc) is 2.90. The van der Waals surface area contributed by atoms with Crippen molar-refractivity contribution in [3.8, 4) is 0 Å². The van der Waals surface area contributed by atoms with E-state index in [4.69, 9.17) is 4.42 Å². The van der Waals surface area contributed by atoms with Crippen LogP contribution in [0.1, 0.15) is 41.9 Å². The summed E-state index contributed by atoms with van der Waals surface area (Å²) in [6.45, 7) is 6.58. The van der Waals surface area contributed by atoms with Gasteiger partial charge in [-0.3, -0.25) is 9.78 Å². The van der Waals surface area contributed by atoms with Crippen molar-refractivity contribution in [1.29, 1.82) is 0 Å². The lowest BCUT2D eigenvalue weighted by Gasteiger charge is -2.28. The lowest BCUT2D eigenvalue weighted by atomic mass is 10.1. The number of amides is 1. The Hall–Kier alpha value is -2.10. The lowest BCUT2D eigenvalue weighted by molar-refractivity contribution is 0.0637. The largest absolute Gasteiger partial charge is 0.459 e. The molecule has 0 aliphatic rings. The van der Waals surface area contributed by atoms with Gasteiger partial charge in [0, 0.05) is 30.5 Å². The first kappa shape index (κ1) is 14.3. The van der Waals surface area contributed by atoms with Gasteiger partial charge in [0.2, 0.25) is 0 Å². The first-order valence-corrected chi connectivity index (χ1v) is 6.87. The van der Waals surface area contributed by atoms with Crippen LogP contribution in [0, 0.1) is 6.92 Å². The van der Waals surface area contributed by atoms with E-state index in [-0.39, 0.29) is 11.9 Å². The Kier molecular flexibility index (Phi) is 4.56. The number of furan rings is 1. The van der Waals surface area contributed by atoms with Crippen molar-refractivity contribution < 1.29 is 9.21 Å². The maximum absolute atomic E-state index is 12.6. The second-order valence-electron chi connectivity index (χ2n) is 4.98. The van der Waals surface area contributed by atoms with Crippen molar-refractivity contribution >= 4 is 5.91 Å². The molecule has 0 fully saturated rings. The van der Waals surface area contributed by atoms with Gasteiger partial charge in [-0.2, -0.15) is 0 Å². The third kappa shape index (κ3) is 3.07. The van der Waals surface area contributed by atoms with Crippen LogP contribution in [0.3, 0.4) is 0 Å². The van der Waals surface area contributed by atoms with E-state index in [0.29, 0.717) is 12.3 Å². The molecule has 0 saturated heterocycles. The van der Waals surface area contributed by atoms with Crippen molar-refractivity contribution in [3.63, 3.8) is 0 Å². The molecule has 0 spiro atoms. The molecular weight excluding hydrogens is 252 g/mol. The molecule has 0 aromatic carbocycles. The molecule has 1 amide bonds. The van der Waals surface area contributed by atoms with Crippen molar-refractivity contribution in [1.82, 2.24) is 9.88 Å². The van der Waals surface area contributed by atoms with E-state index in [1.807, 2.05) is 30.0 Å². The Bertz CT molecular complexity index is 563. The number of pyridine rings is 1. The van der Waals surface area contributed by atoms with E-state index in [1.165, 1.54) is 0 Å². The van der Waals surface area contributed by atoms with Gasteiger partial charge in [-0.1, -0.05) is 6.92 Å². The molecule has 0 unspecified atom stereocenters. The summed E-state index contributed by atoms with van der Waals surface area (Å²) in [4.78, 5) is 18.5. The molecule has 0 N–H and O–H groups in total. The minimum Gasteiger partial charge on any atom is -0.459 e. The quantitative estimate of drug-likeness (QED) is 0.837. The highest BCUT2D eigenvalue weighted by Crippen LogP contribution is 2.18. The van der Waals surface area contributed by atoms with Gasteiger partial charge in [-0.25, -0.2) is 0 Å². The number of aromatic nitrogens is 1. The summed E-state index contributed by atoms with van der Waals surface area (Å²) in [5.41, 5.74) is 1.94. The third-order valence-corrected chi connectivity index (χ3v) is 3.54. The molecule has 20 heavy (non-hydrogen) atoms. The Morgan fingerprint density at radius 3 is 2.60 bits per heavy atom. The van der Waals surface area contributed by atoms with Gasteiger partial charge in [-0.05, 0) is 44.0 Å². The summed E-state index contributed by atoms with van der Waals surface area (Å²) in [6.07, 6.45) is 5.94. The number of nitrogens with zero attached hydrogens (tertiary/aromatic N) is 2. The van der Waals surface area contributed by atoms with Crippen molar-refractivity contribution in [2.45, 2.75) is 39.8 Å². The molecule has 2 aromatic heterocycles. The highest BCUT2D eigenvalue weighted by molar-refractivity contribution is 5.93. The maximum Gasteiger partial charge on any atom is 0.290 e. The predicted octanol–water partition coefficient (Wildman–Crippen LogP) is 3.42. The summed E-state index contributed by atoms with van der Waals surface area (Å²) in [7, 11) is 0. The van der Waals surface area contributed by atoms with Crippen LogP contribution in [-0.4, -0.2) is 21.8 Å². The van der Waals surface area contributed by atoms with E-state index >= 15 is 0 Å². The summed E-state index contributed by atoms with van der Waals surface area (Å²) >= 11 is 0. The summed E-state index contributed by atoms with van der Waals surface area (Å²) < 4.78 is 5.34. The lowest BCUT2D eigenvalue weighted by Crippen LogP contribution is -2.37. The molecule has 2 rings (SSSR count). The Balaban J connectivity index is 2.24. The van der Waals surface area contributed by atoms with Crippen LogP contribution in [0.2, 0.25) is 0 Å². The fraction of sp³-hybridized carbons (Fsp3) is 0.375. The van der Waals surface area contributed by atoms with Gasteiger partial charge in [0.1, 0.15) is 0 Å². The number of aryl methyl sites for hydroxylation is 1. The molecule has 4 heteroatoms. The fourth-order valence-electron chi connectivity index (χ4n) is 2.06. The van der Waals surface area contributed by atoms with E-state index in [2.05, 4.69) is 18.8 Å². The Labute approximate surface area is 119 Å². The monoisotopic (exact) mass is 272 g/mol. The zero-order valence-electron chi connectivity index (χ0n) is 12.2. The Morgan fingerprint density at radius 2 is 2.05 bits per heavy atom. The van der Waals surface area contributed by atoms with Crippen LogP contribution >= 0.6 is 0 Å². The SMILES string of the molecule is CC[C@@H](C)N(Cc1ccncc1)C(=O)c1occc1C. The molecule has 0 saturated carbocycles. The molecule has 1 atom stereocenters. The smallest absolute Gasteiger partial charge is 0.290 e. The summed E-state index contributed by atoms with van der Waals surface area (Å²) in [5, 5.41) is 0. The van der Waals surface area contributed by atoms with Crippen LogP contribution in [0.25, 0.3) is 0 Å². The maximum atomic E-state index is 12.6. The summed E-state index contributed by atoms with van der Waals surface area (Å²) in [6, 6.07) is 5.82. The molecule has 0 radical (unpaired) electrons. The molecule has 2 heterocycles.